The molecule has 0 aliphatic rings. The summed E-state index contributed by atoms with van der Waals surface area (Å²) in [6, 6.07) is 5.90. The number of nitrogens with one attached hydrogen (secondary N) is 4. The van der Waals surface area contributed by atoms with Gasteiger partial charge < -0.3 is 36.2 Å². The molecule has 0 heterocycles. The molecule has 3 atom stereocenters. The summed E-state index contributed by atoms with van der Waals surface area (Å²) in [7, 11) is 0. The fraction of sp³-hybridized carbons (Fsp3) is 0.480. The molecule has 6 N–H and O–H groups in total. The van der Waals surface area contributed by atoms with Crippen molar-refractivity contribution in [1.29, 1.82) is 0 Å². The minimum absolute atomic E-state index is 0.0663. The molecule has 14 nitrogen and oxygen atoms in total. The zero-order chi connectivity index (χ0) is 29.0. The van der Waals surface area contributed by atoms with E-state index in [1.54, 1.807) is 30.3 Å². The number of carboxylic acid groups (broad SMARTS) is 2. The lowest BCUT2D eigenvalue weighted by Crippen LogP contribution is -2.41. The minimum atomic E-state index is -1.70. The Hall–Kier alpha value is -4.49. The number of carbonyl (C=O) groups is 7. The Morgan fingerprint density at radius 2 is 1.54 bits per heavy atom. The first-order valence-electron chi connectivity index (χ1n) is 12.3. The summed E-state index contributed by atoms with van der Waals surface area (Å²) >= 11 is 0. The summed E-state index contributed by atoms with van der Waals surface area (Å²) in [5.41, 5.74) is 0.416. The van der Waals surface area contributed by atoms with Gasteiger partial charge in [-0.25, -0.2) is 9.59 Å². The highest BCUT2D eigenvalue weighted by atomic mass is 16.6. The molecule has 1 aromatic carbocycles. The number of carbonyl (C=O) groups excluding carboxylic acids is 5. The summed E-state index contributed by atoms with van der Waals surface area (Å²) in [6.07, 6.45) is -0.178. The zero-order valence-electron chi connectivity index (χ0n) is 21.3. The summed E-state index contributed by atoms with van der Waals surface area (Å²) < 4.78 is 5.04. The number of hydrogen-bond donors (Lipinski definition) is 6. The van der Waals surface area contributed by atoms with E-state index in [4.69, 9.17) is 4.74 Å². The second-order valence-electron chi connectivity index (χ2n) is 8.40. The molecule has 0 fully saturated rings. The normalized spacial score (nSPS) is 12.6. The third-order valence-corrected chi connectivity index (χ3v) is 5.45. The smallest absolute Gasteiger partial charge is 0.347 e. The first-order chi connectivity index (χ1) is 18.7. The van der Waals surface area contributed by atoms with Crippen LogP contribution in [0.2, 0.25) is 0 Å². The highest BCUT2D eigenvalue weighted by Crippen LogP contribution is 2.20. The van der Waals surface area contributed by atoms with Crippen molar-refractivity contribution in [3.63, 3.8) is 0 Å². The standard InChI is InChI=1S/C25H34N4O10/c30-15-26-13-6-10-20(33)29-18(24(35)36)9-4-5-14-27-19(32)11-12-21(34)39-23(25(37)38)22(28-16-31)17-7-2-1-3-8-17/h1-3,7-8,15-16,18,22-23H,4-6,9-14H2,(H,26,30)(H,27,32)(H,28,31)(H,29,33)(H,35,36)(H,37,38)/t18?,22-,23+/m0/s1. The van der Waals surface area contributed by atoms with Crippen LogP contribution in [0.25, 0.3) is 0 Å². The van der Waals surface area contributed by atoms with Crippen molar-refractivity contribution in [2.75, 3.05) is 13.1 Å². The van der Waals surface area contributed by atoms with E-state index in [2.05, 4.69) is 21.3 Å². The third-order valence-electron chi connectivity index (χ3n) is 5.45. The lowest BCUT2D eigenvalue weighted by atomic mass is 10.0. The van der Waals surface area contributed by atoms with Crippen molar-refractivity contribution in [3.05, 3.63) is 35.9 Å². The molecule has 1 unspecified atom stereocenters. The Labute approximate surface area is 224 Å². The maximum Gasteiger partial charge on any atom is 0.347 e. The van der Waals surface area contributed by atoms with E-state index in [1.165, 1.54) is 0 Å². The molecular weight excluding hydrogens is 516 g/mol. The number of rotatable bonds is 21. The molecule has 0 aromatic heterocycles. The fourth-order valence-corrected chi connectivity index (χ4v) is 3.49. The molecule has 1 rings (SSSR count). The molecule has 0 saturated heterocycles. The van der Waals surface area contributed by atoms with Crippen LogP contribution in [0.1, 0.15) is 56.6 Å². The summed E-state index contributed by atoms with van der Waals surface area (Å²) in [5, 5.41) is 28.5. The first kappa shape index (κ1) is 32.5. The van der Waals surface area contributed by atoms with E-state index in [0.29, 0.717) is 44.2 Å². The predicted octanol–water partition coefficient (Wildman–Crippen LogP) is -0.368. The van der Waals surface area contributed by atoms with Gasteiger partial charge in [-0.3, -0.25) is 24.0 Å². The molecule has 0 aliphatic heterocycles. The van der Waals surface area contributed by atoms with Gasteiger partial charge in [0.25, 0.3) is 0 Å². The zero-order valence-corrected chi connectivity index (χ0v) is 21.3. The molecule has 0 spiro atoms. The monoisotopic (exact) mass is 550 g/mol. The number of amides is 4. The van der Waals surface area contributed by atoms with Gasteiger partial charge in [0, 0.05) is 25.9 Å². The predicted molar refractivity (Wildman–Crippen MR) is 135 cm³/mol. The van der Waals surface area contributed by atoms with Crippen LogP contribution >= 0.6 is 0 Å². The van der Waals surface area contributed by atoms with E-state index in [1.807, 2.05) is 0 Å². The SMILES string of the molecule is O=CNCCCC(=O)NC(CCCCNC(=O)CCC(=O)O[C@@H](C(=O)O)[C@@H](NC=O)c1ccccc1)C(=O)O. The molecule has 0 bridgehead atoms. The molecule has 214 valence electrons. The van der Waals surface area contributed by atoms with Gasteiger partial charge >= 0.3 is 17.9 Å². The van der Waals surface area contributed by atoms with Crippen molar-refractivity contribution < 1.29 is 48.5 Å². The number of esters is 1. The van der Waals surface area contributed by atoms with Gasteiger partial charge in [0.05, 0.1) is 6.42 Å². The van der Waals surface area contributed by atoms with Crippen molar-refractivity contribution >= 4 is 42.5 Å². The molecule has 0 aliphatic carbocycles. The molecule has 1 aromatic rings. The van der Waals surface area contributed by atoms with Crippen molar-refractivity contribution in [1.82, 2.24) is 21.3 Å². The van der Waals surface area contributed by atoms with Gasteiger partial charge in [-0.2, -0.15) is 0 Å². The summed E-state index contributed by atoms with van der Waals surface area (Å²) in [4.78, 5) is 80.3. The summed E-state index contributed by atoms with van der Waals surface area (Å²) in [5.74, 6) is -4.53. The molecule has 14 heteroatoms. The Morgan fingerprint density at radius 3 is 2.15 bits per heavy atom. The number of benzene rings is 1. The van der Waals surface area contributed by atoms with Crippen molar-refractivity contribution in [3.8, 4) is 0 Å². The lowest BCUT2D eigenvalue weighted by Gasteiger charge is -2.23. The Kier molecular flexibility index (Phi) is 15.6. The maximum absolute atomic E-state index is 12.2. The number of unbranched alkanes of at least 4 members (excludes halogenated alkanes) is 1. The van der Waals surface area contributed by atoms with Crippen LogP contribution in [0.15, 0.2) is 30.3 Å². The van der Waals surface area contributed by atoms with E-state index in [9.17, 15) is 43.8 Å². The van der Waals surface area contributed by atoms with Gasteiger partial charge in [-0.05, 0) is 31.2 Å². The van der Waals surface area contributed by atoms with Gasteiger partial charge in [-0.15, -0.1) is 0 Å². The van der Waals surface area contributed by atoms with Gasteiger partial charge in [-0.1, -0.05) is 30.3 Å². The van der Waals surface area contributed by atoms with Crippen LogP contribution in [0.4, 0.5) is 0 Å². The quantitative estimate of drug-likeness (QED) is 0.0663. The van der Waals surface area contributed by atoms with E-state index >= 15 is 0 Å². The second-order valence-corrected chi connectivity index (χ2v) is 8.40. The van der Waals surface area contributed by atoms with Crippen LogP contribution in [-0.2, 0) is 38.3 Å². The highest BCUT2D eigenvalue weighted by Gasteiger charge is 2.33. The topological polar surface area (TPSA) is 217 Å². The van der Waals surface area contributed by atoms with Crippen LogP contribution in [0.5, 0.6) is 0 Å². The summed E-state index contributed by atoms with van der Waals surface area (Å²) in [6.45, 7) is 0.500. The van der Waals surface area contributed by atoms with Gasteiger partial charge in [0.15, 0.2) is 0 Å². The average molecular weight is 551 g/mol. The Morgan fingerprint density at radius 1 is 0.821 bits per heavy atom. The molecule has 0 saturated carbocycles. The second kappa shape index (κ2) is 18.7. The Bertz CT molecular complexity index is 973. The van der Waals surface area contributed by atoms with E-state index in [-0.39, 0.29) is 25.8 Å². The fourth-order valence-electron chi connectivity index (χ4n) is 3.49. The number of carboxylic acids is 2. The van der Waals surface area contributed by atoms with Crippen LogP contribution in [0.3, 0.4) is 0 Å². The van der Waals surface area contributed by atoms with Crippen molar-refractivity contribution in [2.24, 2.45) is 0 Å². The largest absolute Gasteiger partial charge is 0.480 e. The van der Waals surface area contributed by atoms with Crippen LogP contribution in [0, 0.1) is 0 Å². The maximum atomic E-state index is 12.2. The van der Waals surface area contributed by atoms with Gasteiger partial charge in [0.1, 0.15) is 12.1 Å². The molecule has 0 radical (unpaired) electrons. The number of aliphatic carboxylic acids is 2. The minimum Gasteiger partial charge on any atom is -0.480 e. The van der Waals surface area contributed by atoms with Crippen LogP contribution < -0.4 is 21.3 Å². The van der Waals surface area contributed by atoms with E-state index in [0.717, 1.165) is 0 Å². The molecule has 4 amide bonds. The number of ether oxygens (including phenoxy) is 1. The third kappa shape index (κ3) is 13.6. The molecular formula is C25H34N4O10. The number of hydrogen-bond acceptors (Lipinski definition) is 8. The van der Waals surface area contributed by atoms with Crippen LogP contribution in [-0.4, -0.2) is 78.0 Å². The Balaban J connectivity index is 2.39. The highest BCUT2D eigenvalue weighted by molar-refractivity contribution is 5.84. The average Bonchev–Trinajstić information content (AvgIpc) is 2.91. The van der Waals surface area contributed by atoms with Crippen molar-refractivity contribution in [2.45, 2.75) is 63.1 Å². The first-order valence-corrected chi connectivity index (χ1v) is 12.3. The van der Waals surface area contributed by atoms with Gasteiger partial charge in [0.2, 0.25) is 30.7 Å². The van der Waals surface area contributed by atoms with E-state index < -0.39 is 54.3 Å². The lowest BCUT2D eigenvalue weighted by molar-refractivity contribution is -0.166. The molecule has 39 heavy (non-hydrogen) atoms.